The van der Waals surface area contributed by atoms with Gasteiger partial charge in [0, 0.05) is 18.8 Å². The first-order valence-electron chi connectivity index (χ1n) is 5.03. The van der Waals surface area contributed by atoms with Crippen LogP contribution in [-0.4, -0.2) is 23.5 Å². The van der Waals surface area contributed by atoms with Crippen molar-refractivity contribution >= 4 is 5.91 Å². The first-order valence-corrected chi connectivity index (χ1v) is 5.03. The number of hydrogen-bond donors (Lipinski definition) is 2. The Bertz CT molecular complexity index is 338. The molecule has 0 saturated heterocycles. The van der Waals surface area contributed by atoms with Gasteiger partial charge >= 0.3 is 0 Å². The van der Waals surface area contributed by atoms with E-state index in [0.29, 0.717) is 13.0 Å². The Morgan fingerprint density at radius 3 is 3.00 bits per heavy atom. The van der Waals surface area contributed by atoms with Crippen LogP contribution in [0.5, 0.6) is 0 Å². The van der Waals surface area contributed by atoms with Gasteiger partial charge in [-0.2, -0.15) is 0 Å². The predicted octanol–water partition coefficient (Wildman–Crippen LogP) is 0.396. The molecule has 0 aliphatic heterocycles. The summed E-state index contributed by atoms with van der Waals surface area (Å²) in [4.78, 5) is 15.7. The SMILES string of the molecule is Cc1cccnc1CC(=O)NC(C)CN. The molecule has 0 fully saturated rings. The van der Waals surface area contributed by atoms with Crippen molar-refractivity contribution in [3.63, 3.8) is 0 Å². The maximum Gasteiger partial charge on any atom is 0.226 e. The van der Waals surface area contributed by atoms with Gasteiger partial charge in [-0.1, -0.05) is 6.07 Å². The molecule has 1 aromatic heterocycles. The Hall–Kier alpha value is -1.42. The highest BCUT2D eigenvalue weighted by atomic mass is 16.1. The van der Waals surface area contributed by atoms with E-state index in [1.54, 1.807) is 6.20 Å². The van der Waals surface area contributed by atoms with Gasteiger partial charge < -0.3 is 11.1 Å². The predicted molar refractivity (Wildman–Crippen MR) is 59.3 cm³/mol. The maximum atomic E-state index is 11.5. The molecule has 0 aliphatic carbocycles. The monoisotopic (exact) mass is 207 g/mol. The smallest absolute Gasteiger partial charge is 0.226 e. The zero-order chi connectivity index (χ0) is 11.3. The summed E-state index contributed by atoms with van der Waals surface area (Å²) >= 11 is 0. The summed E-state index contributed by atoms with van der Waals surface area (Å²) in [6.07, 6.45) is 2.01. The minimum Gasteiger partial charge on any atom is -0.352 e. The fourth-order valence-electron chi connectivity index (χ4n) is 1.24. The van der Waals surface area contributed by atoms with Gasteiger partial charge in [-0.3, -0.25) is 9.78 Å². The first-order chi connectivity index (χ1) is 7.13. The highest BCUT2D eigenvalue weighted by molar-refractivity contribution is 5.78. The highest BCUT2D eigenvalue weighted by Crippen LogP contribution is 2.03. The number of hydrogen-bond acceptors (Lipinski definition) is 3. The zero-order valence-corrected chi connectivity index (χ0v) is 9.16. The fourth-order valence-corrected chi connectivity index (χ4v) is 1.24. The summed E-state index contributed by atoms with van der Waals surface area (Å²) in [5, 5.41) is 2.80. The van der Waals surface area contributed by atoms with E-state index in [4.69, 9.17) is 5.73 Å². The molecule has 1 atom stereocenters. The van der Waals surface area contributed by atoms with E-state index in [-0.39, 0.29) is 11.9 Å². The van der Waals surface area contributed by atoms with Crippen LogP contribution in [0.25, 0.3) is 0 Å². The Kier molecular flexibility index (Phi) is 4.24. The van der Waals surface area contributed by atoms with Crippen molar-refractivity contribution in [3.8, 4) is 0 Å². The fraction of sp³-hybridized carbons (Fsp3) is 0.455. The molecule has 3 N–H and O–H groups in total. The van der Waals surface area contributed by atoms with Gasteiger partial charge in [0.15, 0.2) is 0 Å². The lowest BCUT2D eigenvalue weighted by Gasteiger charge is -2.11. The molecule has 1 amide bonds. The molecule has 0 saturated carbocycles. The molecule has 1 rings (SSSR count). The van der Waals surface area contributed by atoms with E-state index < -0.39 is 0 Å². The van der Waals surface area contributed by atoms with Crippen molar-refractivity contribution in [1.82, 2.24) is 10.3 Å². The molecule has 0 aromatic carbocycles. The number of pyridine rings is 1. The van der Waals surface area contributed by atoms with Crippen molar-refractivity contribution in [3.05, 3.63) is 29.6 Å². The van der Waals surface area contributed by atoms with Gasteiger partial charge in [0.2, 0.25) is 5.91 Å². The number of aryl methyl sites for hydroxylation is 1. The van der Waals surface area contributed by atoms with Crippen molar-refractivity contribution in [2.45, 2.75) is 26.3 Å². The van der Waals surface area contributed by atoms with Crippen molar-refractivity contribution < 1.29 is 4.79 Å². The highest BCUT2D eigenvalue weighted by Gasteiger charge is 2.08. The minimum atomic E-state index is -0.0326. The standard InChI is InChI=1S/C11H17N3O/c1-8-4-3-5-13-10(8)6-11(15)14-9(2)7-12/h3-5,9H,6-7,12H2,1-2H3,(H,14,15). The number of nitrogens with zero attached hydrogens (tertiary/aromatic N) is 1. The topological polar surface area (TPSA) is 68.0 Å². The molecule has 1 unspecified atom stereocenters. The van der Waals surface area contributed by atoms with Crippen LogP contribution in [0.2, 0.25) is 0 Å². The Balaban J connectivity index is 2.55. The molecule has 0 radical (unpaired) electrons. The van der Waals surface area contributed by atoms with Crippen LogP contribution >= 0.6 is 0 Å². The summed E-state index contributed by atoms with van der Waals surface area (Å²) in [5.41, 5.74) is 7.27. The van der Waals surface area contributed by atoms with Crippen molar-refractivity contribution in [1.29, 1.82) is 0 Å². The van der Waals surface area contributed by atoms with Crippen LogP contribution in [0, 0.1) is 6.92 Å². The molecule has 15 heavy (non-hydrogen) atoms. The van der Waals surface area contributed by atoms with Crippen molar-refractivity contribution in [2.75, 3.05) is 6.54 Å². The molecule has 4 heteroatoms. The van der Waals surface area contributed by atoms with E-state index in [1.807, 2.05) is 26.0 Å². The Labute approximate surface area is 89.9 Å². The van der Waals surface area contributed by atoms with Crippen LogP contribution < -0.4 is 11.1 Å². The van der Waals surface area contributed by atoms with Crippen LogP contribution in [0.1, 0.15) is 18.2 Å². The molecule has 1 heterocycles. The minimum absolute atomic E-state index is 0.0153. The van der Waals surface area contributed by atoms with Gasteiger partial charge in [-0.05, 0) is 25.5 Å². The van der Waals surface area contributed by atoms with Crippen LogP contribution in [0.4, 0.5) is 0 Å². The quantitative estimate of drug-likeness (QED) is 0.750. The normalized spacial score (nSPS) is 12.2. The van der Waals surface area contributed by atoms with Gasteiger partial charge in [0.25, 0.3) is 0 Å². The zero-order valence-electron chi connectivity index (χ0n) is 9.16. The maximum absolute atomic E-state index is 11.5. The van der Waals surface area contributed by atoms with Crippen LogP contribution in [0.15, 0.2) is 18.3 Å². The van der Waals surface area contributed by atoms with Crippen LogP contribution in [-0.2, 0) is 11.2 Å². The lowest BCUT2D eigenvalue weighted by molar-refractivity contribution is -0.121. The number of nitrogens with one attached hydrogen (secondary N) is 1. The molecule has 0 aliphatic rings. The summed E-state index contributed by atoms with van der Waals surface area (Å²) in [6.45, 7) is 4.28. The molecular weight excluding hydrogens is 190 g/mol. The van der Waals surface area contributed by atoms with Crippen molar-refractivity contribution in [2.24, 2.45) is 5.73 Å². The summed E-state index contributed by atoms with van der Waals surface area (Å²) in [6, 6.07) is 3.82. The van der Waals surface area contributed by atoms with E-state index in [0.717, 1.165) is 11.3 Å². The molecule has 4 nitrogen and oxygen atoms in total. The average Bonchev–Trinajstić information content (AvgIpc) is 2.21. The number of rotatable bonds is 4. The van der Waals surface area contributed by atoms with E-state index in [1.165, 1.54) is 0 Å². The Morgan fingerprint density at radius 1 is 1.67 bits per heavy atom. The van der Waals surface area contributed by atoms with Gasteiger partial charge in [0.05, 0.1) is 12.1 Å². The second kappa shape index (κ2) is 5.46. The van der Waals surface area contributed by atoms with Gasteiger partial charge in [-0.25, -0.2) is 0 Å². The molecule has 0 spiro atoms. The number of carbonyl (C=O) groups is 1. The van der Waals surface area contributed by atoms with E-state index in [2.05, 4.69) is 10.3 Å². The lowest BCUT2D eigenvalue weighted by Crippen LogP contribution is -2.38. The lowest BCUT2D eigenvalue weighted by atomic mass is 10.1. The Morgan fingerprint density at radius 2 is 2.40 bits per heavy atom. The molecule has 82 valence electrons. The third kappa shape index (κ3) is 3.67. The van der Waals surface area contributed by atoms with Gasteiger partial charge in [-0.15, -0.1) is 0 Å². The number of aromatic nitrogens is 1. The van der Waals surface area contributed by atoms with E-state index >= 15 is 0 Å². The molecule has 1 aromatic rings. The second-order valence-corrected chi connectivity index (χ2v) is 3.65. The average molecular weight is 207 g/mol. The third-order valence-corrected chi connectivity index (χ3v) is 2.21. The summed E-state index contributed by atoms with van der Waals surface area (Å²) in [7, 11) is 0. The number of carbonyl (C=O) groups excluding carboxylic acids is 1. The number of amides is 1. The van der Waals surface area contributed by atoms with E-state index in [9.17, 15) is 4.79 Å². The largest absolute Gasteiger partial charge is 0.352 e. The molecular formula is C11H17N3O. The second-order valence-electron chi connectivity index (χ2n) is 3.65. The first kappa shape index (κ1) is 11.7. The van der Waals surface area contributed by atoms with Crippen LogP contribution in [0.3, 0.4) is 0 Å². The summed E-state index contributed by atoms with van der Waals surface area (Å²) < 4.78 is 0. The third-order valence-electron chi connectivity index (χ3n) is 2.21. The van der Waals surface area contributed by atoms with Gasteiger partial charge in [0.1, 0.15) is 0 Å². The molecule has 0 bridgehead atoms. The number of nitrogens with two attached hydrogens (primary N) is 1. The summed E-state index contributed by atoms with van der Waals surface area (Å²) in [5.74, 6) is -0.0326.